The van der Waals surface area contributed by atoms with Gasteiger partial charge in [0.2, 0.25) is 5.90 Å². The van der Waals surface area contributed by atoms with Gasteiger partial charge in [-0.2, -0.15) is 0 Å². The number of aliphatic hydroxyl groups excluding tert-OH is 1. The summed E-state index contributed by atoms with van der Waals surface area (Å²) in [6.45, 7) is 1.03. The van der Waals surface area contributed by atoms with Crippen LogP contribution in [-0.4, -0.2) is 42.2 Å². The molecule has 0 saturated carbocycles. The van der Waals surface area contributed by atoms with Gasteiger partial charge in [0, 0.05) is 36.0 Å². The van der Waals surface area contributed by atoms with Crippen LogP contribution in [0, 0.1) is 0 Å². The minimum absolute atomic E-state index is 0.0705. The third-order valence-corrected chi connectivity index (χ3v) is 8.85. The summed E-state index contributed by atoms with van der Waals surface area (Å²) in [6.07, 6.45) is 0.912. The summed E-state index contributed by atoms with van der Waals surface area (Å²) in [4.78, 5) is 19.6. The zero-order valence-corrected chi connectivity index (χ0v) is 28.1. The van der Waals surface area contributed by atoms with Gasteiger partial charge in [-0.15, -0.1) is 0 Å². The molecule has 0 unspecified atom stereocenters. The van der Waals surface area contributed by atoms with Gasteiger partial charge < -0.3 is 14.6 Å². The predicted octanol–water partition coefficient (Wildman–Crippen LogP) is 7.24. The number of aliphatic imine (C=N–C) groups is 1. The average Bonchev–Trinajstić information content (AvgIpc) is 3.52. The number of hydrogen-bond acceptors (Lipinski definition) is 6. The third-order valence-electron chi connectivity index (χ3n) is 8.32. The first-order chi connectivity index (χ1) is 23.5. The van der Waals surface area contributed by atoms with Gasteiger partial charge in [-0.25, -0.2) is 10.4 Å². The minimum atomic E-state index is -1.31. The van der Waals surface area contributed by atoms with Gasteiger partial charge >= 0.3 is 0 Å². The number of hydrazine groups is 1. The fourth-order valence-corrected chi connectivity index (χ4v) is 6.04. The Kier molecular flexibility index (Phi) is 11.0. The Morgan fingerprint density at radius 1 is 0.792 bits per heavy atom. The molecule has 2 atom stereocenters. The Hall–Kier alpha value is -4.76. The van der Waals surface area contributed by atoms with E-state index in [1.165, 1.54) is 0 Å². The molecule has 1 amide bonds. The summed E-state index contributed by atoms with van der Waals surface area (Å²) in [5, 5.41) is 9.10. The SMILES string of the molecule is O=C(NNCCc1ccc(Br)cc1)[C@@]1(Cc2ccccc2)N=C(c2ccc(OCCCO)cc2)O[C@H]1c1ccc(-c2ccccc2)cc1. The Bertz CT molecular complexity index is 1800. The van der Waals surface area contributed by atoms with E-state index in [0.717, 1.165) is 44.3 Å². The number of carbonyl (C=O) groups is 1. The number of aliphatic hydroxyl groups is 1. The molecule has 5 aromatic carbocycles. The number of nitrogens with one attached hydrogen (secondary N) is 2. The fraction of sp³-hybridized carbons (Fsp3) is 0.200. The molecule has 0 spiro atoms. The number of rotatable bonds is 14. The van der Waals surface area contributed by atoms with Gasteiger partial charge in [-0.05, 0) is 70.6 Å². The molecule has 1 aliphatic heterocycles. The van der Waals surface area contributed by atoms with E-state index in [9.17, 15) is 4.79 Å². The number of hydrogen-bond donors (Lipinski definition) is 3. The van der Waals surface area contributed by atoms with Crippen LogP contribution < -0.4 is 15.6 Å². The number of amides is 1. The number of ether oxygens (including phenoxy) is 2. The summed E-state index contributed by atoms with van der Waals surface area (Å²) < 4.78 is 13.5. The van der Waals surface area contributed by atoms with E-state index in [1.807, 2.05) is 97.1 Å². The number of nitrogens with zero attached hydrogens (tertiary/aromatic N) is 1. The first kappa shape index (κ1) is 33.2. The topological polar surface area (TPSA) is 92.2 Å². The normalized spacial score (nSPS) is 17.0. The van der Waals surface area contributed by atoms with E-state index in [2.05, 4.69) is 63.2 Å². The summed E-state index contributed by atoms with van der Waals surface area (Å²) in [7, 11) is 0. The van der Waals surface area contributed by atoms with Crippen molar-refractivity contribution >= 4 is 27.7 Å². The monoisotopic (exact) mass is 703 g/mol. The smallest absolute Gasteiger partial charge is 0.266 e. The average molecular weight is 705 g/mol. The van der Waals surface area contributed by atoms with Crippen molar-refractivity contribution in [2.45, 2.75) is 30.9 Å². The van der Waals surface area contributed by atoms with Crippen LogP contribution in [0.5, 0.6) is 5.75 Å². The second-order valence-corrected chi connectivity index (χ2v) is 12.6. The van der Waals surface area contributed by atoms with Crippen LogP contribution in [0.3, 0.4) is 0 Å². The Balaban J connectivity index is 1.33. The van der Waals surface area contributed by atoms with Crippen molar-refractivity contribution in [2.75, 3.05) is 19.8 Å². The molecule has 5 aromatic rings. The Morgan fingerprint density at radius 2 is 1.44 bits per heavy atom. The van der Waals surface area contributed by atoms with Crippen LogP contribution in [0.4, 0.5) is 0 Å². The molecule has 8 heteroatoms. The molecule has 0 aromatic heterocycles. The highest BCUT2D eigenvalue weighted by molar-refractivity contribution is 9.10. The number of carbonyl (C=O) groups excluding carboxylic acids is 1. The quantitative estimate of drug-likeness (QED) is 0.0838. The van der Waals surface area contributed by atoms with Crippen LogP contribution in [-0.2, 0) is 22.4 Å². The molecule has 7 nitrogen and oxygen atoms in total. The maximum atomic E-state index is 14.5. The lowest BCUT2D eigenvalue weighted by molar-refractivity contribution is -0.130. The highest BCUT2D eigenvalue weighted by Crippen LogP contribution is 2.43. The van der Waals surface area contributed by atoms with Crippen LogP contribution >= 0.6 is 15.9 Å². The molecule has 48 heavy (non-hydrogen) atoms. The largest absolute Gasteiger partial charge is 0.494 e. The van der Waals surface area contributed by atoms with Gasteiger partial charge in [0.05, 0.1) is 6.61 Å². The van der Waals surface area contributed by atoms with E-state index in [-0.39, 0.29) is 12.5 Å². The molecule has 0 radical (unpaired) electrons. The first-order valence-corrected chi connectivity index (χ1v) is 16.9. The highest BCUT2D eigenvalue weighted by atomic mass is 79.9. The van der Waals surface area contributed by atoms with Gasteiger partial charge in [-0.3, -0.25) is 10.2 Å². The summed E-state index contributed by atoms with van der Waals surface area (Å²) in [6, 6.07) is 43.9. The van der Waals surface area contributed by atoms with E-state index >= 15 is 0 Å². The molecule has 0 saturated heterocycles. The van der Waals surface area contributed by atoms with E-state index < -0.39 is 11.6 Å². The zero-order chi connectivity index (χ0) is 33.2. The molecule has 1 heterocycles. The maximum Gasteiger partial charge on any atom is 0.266 e. The molecule has 0 fully saturated rings. The lowest BCUT2D eigenvalue weighted by Crippen LogP contribution is -2.54. The van der Waals surface area contributed by atoms with E-state index in [1.54, 1.807) is 0 Å². The van der Waals surface area contributed by atoms with Gasteiger partial charge in [0.15, 0.2) is 11.6 Å². The van der Waals surface area contributed by atoms with Crippen molar-refractivity contribution < 1.29 is 19.4 Å². The van der Waals surface area contributed by atoms with Gasteiger partial charge in [-0.1, -0.05) is 113 Å². The van der Waals surface area contributed by atoms with Crippen LogP contribution in [0.1, 0.15) is 34.8 Å². The minimum Gasteiger partial charge on any atom is -0.494 e. The number of halogens is 1. The molecule has 3 N–H and O–H groups in total. The molecule has 0 aliphatic carbocycles. The van der Waals surface area contributed by atoms with Crippen molar-refractivity contribution in [1.82, 2.24) is 10.9 Å². The van der Waals surface area contributed by atoms with E-state index in [4.69, 9.17) is 19.6 Å². The summed E-state index contributed by atoms with van der Waals surface area (Å²) in [5.74, 6) is 0.787. The second-order valence-electron chi connectivity index (χ2n) is 11.7. The molecular formula is C40H38BrN3O4. The predicted molar refractivity (Wildman–Crippen MR) is 193 cm³/mol. The van der Waals surface area contributed by atoms with Crippen molar-refractivity contribution in [3.05, 3.63) is 160 Å². The third kappa shape index (κ3) is 8.02. The van der Waals surface area contributed by atoms with Crippen LogP contribution in [0.25, 0.3) is 11.1 Å². The lowest BCUT2D eigenvalue weighted by atomic mass is 9.82. The molecule has 6 rings (SSSR count). The number of benzene rings is 5. The summed E-state index contributed by atoms with van der Waals surface area (Å²) >= 11 is 3.48. The molecular weight excluding hydrogens is 666 g/mol. The summed E-state index contributed by atoms with van der Waals surface area (Å²) in [5.41, 5.74) is 10.7. The first-order valence-electron chi connectivity index (χ1n) is 16.1. The highest BCUT2D eigenvalue weighted by Gasteiger charge is 2.53. The standard InChI is InChI=1S/C40H38BrN3O4/c41-35-20-12-29(13-21-35)24-25-42-44-39(46)40(28-30-8-3-1-4-9-30)37(33-16-14-32(15-17-33)31-10-5-2-6-11-31)48-38(43-40)34-18-22-36(23-19-34)47-27-7-26-45/h1-6,8-23,37,42,45H,7,24-28H2,(H,44,46)/t37-,40-/m0/s1. The van der Waals surface area contributed by atoms with Crippen LogP contribution in [0.15, 0.2) is 143 Å². The van der Waals surface area contributed by atoms with Gasteiger partial charge in [0.1, 0.15) is 5.75 Å². The van der Waals surface area contributed by atoms with Crippen molar-refractivity contribution in [3.8, 4) is 16.9 Å². The van der Waals surface area contributed by atoms with Crippen molar-refractivity contribution in [3.63, 3.8) is 0 Å². The Morgan fingerprint density at radius 3 is 2.12 bits per heavy atom. The van der Waals surface area contributed by atoms with Crippen molar-refractivity contribution in [2.24, 2.45) is 4.99 Å². The van der Waals surface area contributed by atoms with E-state index in [0.29, 0.717) is 37.6 Å². The van der Waals surface area contributed by atoms with Crippen molar-refractivity contribution in [1.29, 1.82) is 0 Å². The van der Waals surface area contributed by atoms with Gasteiger partial charge in [0.25, 0.3) is 5.91 Å². The lowest BCUT2D eigenvalue weighted by Gasteiger charge is -2.31. The van der Waals surface area contributed by atoms with Crippen LogP contribution in [0.2, 0.25) is 0 Å². The molecule has 0 bridgehead atoms. The fourth-order valence-electron chi connectivity index (χ4n) is 5.78. The second kappa shape index (κ2) is 15.9. The molecule has 1 aliphatic rings. The molecule has 244 valence electrons. The Labute approximate surface area is 289 Å². The maximum absolute atomic E-state index is 14.5. The zero-order valence-electron chi connectivity index (χ0n) is 26.5.